The zero-order valence-corrected chi connectivity index (χ0v) is 8.71. The van der Waals surface area contributed by atoms with Gasteiger partial charge < -0.3 is 9.88 Å². The maximum Gasteiger partial charge on any atom is 0.220 e. The molecule has 1 aromatic heterocycles. The van der Waals surface area contributed by atoms with Crippen molar-refractivity contribution in [3.8, 4) is 0 Å². The topological polar surface area (TPSA) is 46.9 Å². The molecule has 2 heterocycles. The van der Waals surface area contributed by atoms with Crippen LogP contribution in [0.5, 0.6) is 0 Å². The quantitative estimate of drug-likeness (QED) is 0.794. The van der Waals surface area contributed by atoms with E-state index >= 15 is 0 Å². The molecule has 0 spiro atoms. The summed E-state index contributed by atoms with van der Waals surface area (Å²) in [5.74, 6) is 1.05. The van der Waals surface area contributed by atoms with E-state index in [1.165, 1.54) is 0 Å². The first kappa shape index (κ1) is 9.52. The molecule has 0 aromatic carbocycles. The van der Waals surface area contributed by atoms with Gasteiger partial charge in [0.2, 0.25) is 5.91 Å². The predicted molar refractivity (Wildman–Crippen MR) is 53.1 cm³/mol. The first-order valence-corrected chi connectivity index (χ1v) is 5.00. The number of hydrogen-bond donors (Lipinski definition) is 1. The maximum absolute atomic E-state index is 11.0. The normalized spacial score (nSPS) is 21.3. The first-order valence-electron chi connectivity index (χ1n) is 4.62. The van der Waals surface area contributed by atoms with Gasteiger partial charge in [0, 0.05) is 25.9 Å². The number of hydrogen-bond acceptors (Lipinski definition) is 2. The van der Waals surface area contributed by atoms with Gasteiger partial charge in [-0.25, -0.2) is 4.98 Å². The van der Waals surface area contributed by atoms with Crippen molar-refractivity contribution < 1.29 is 4.79 Å². The molecule has 14 heavy (non-hydrogen) atoms. The number of aromatic nitrogens is 2. The van der Waals surface area contributed by atoms with Crippen LogP contribution < -0.4 is 5.32 Å². The van der Waals surface area contributed by atoms with Crippen molar-refractivity contribution in [1.82, 2.24) is 14.9 Å². The van der Waals surface area contributed by atoms with Crippen molar-refractivity contribution in [3.05, 3.63) is 17.2 Å². The van der Waals surface area contributed by atoms with E-state index in [4.69, 9.17) is 11.6 Å². The zero-order valence-electron chi connectivity index (χ0n) is 7.96. The molecule has 2 rings (SSSR count). The summed E-state index contributed by atoms with van der Waals surface area (Å²) >= 11 is 5.86. The van der Waals surface area contributed by atoms with Crippen molar-refractivity contribution in [2.75, 3.05) is 0 Å². The third kappa shape index (κ3) is 1.75. The van der Waals surface area contributed by atoms with Gasteiger partial charge in [-0.15, -0.1) is 0 Å². The van der Waals surface area contributed by atoms with Crippen LogP contribution in [0.3, 0.4) is 0 Å². The van der Waals surface area contributed by atoms with E-state index in [1.54, 1.807) is 6.20 Å². The lowest BCUT2D eigenvalue weighted by molar-refractivity contribution is -0.119. The summed E-state index contributed by atoms with van der Waals surface area (Å²) in [6.07, 6.45) is 3.91. The third-order valence-electron chi connectivity index (χ3n) is 2.54. The van der Waals surface area contributed by atoms with Crippen molar-refractivity contribution in [3.63, 3.8) is 0 Å². The van der Waals surface area contributed by atoms with E-state index in [2.05, 4.69) is 10.3 Å². The van der Waals surface area contributed by atoms with Crippen LogP contribution in [0.15, 0.2) is 6.20 Å². The fraction of sp³-hybridized carbons (Fsp3) is 0.556. The van der Waals surface area contributed by atoms with Gasteiger partial charge >= 0.3 is 0 Å². The summed E-state index contributed by atoms with van der Waals surface area (Å²) in [4.78, 5) is 15.2. The second-order valence-electron chi connectivity index (χ2n) is 3.56. The van der Waals surface area contributed by atoms with Crippen LogP contribution in [-0.2, 0) is 18.3 Å². The van der Waals surface area contributed by atoms with E-state index in [1.807, 2.05) is 11.6 Å². The molecule has 1 aliphatic heterocycles. The molecule has 1 N–H and O–H groups in total. The van der Waals surface area contributed by atoms with Crippen LogP contribution in [0, 0.1) is 0 Å². The molecule has 76 valence electrons. The SMILES string of the molecule is Cn1c(Cl)cnc1CC1CCC(=O)N1. The van der Waals surface area contributed by atoms with Crippen molar-refractivity contribution in [2.24, 2.45) is 7.05 Å². The molecule has 0 bridgehead atoms. The summed E-state index contributed by atoms with van der Waals surface area (Å²) in [5.41, 5.74) is 0. The summed E-state index contributed by atoms with van der Waals surface area (Å²) in [5, 5.41) is 3.53. The van der Waals surface area contributed by atoms with Gasteiger partial charge in [-0.2, -0.15) is 0 Å². The van der Waals surface area contributed by atoms with Gasteiger partial charge in [-0.05, 0) is 6.42 Å². The number of amides is 1. The van der Waals surface area contributed by atoms with Gasteiger partial charge in [-0.1, -0.05) is 11.6 Å². The van der Waals surface area contributed by atoms with Gasteiger partial charge in [0.25, 0.3) is 0 Å². The molecule has 1 unspecified atom stereocenters. The van der Waals surface area contributed by atoms with Gasteiger partial charge in [-0.3, -0.25) is 4.79 Å². The average molecular weight is 214 g/mol. The van der Waals surface area contributed by atoms with Crippen molar-refractivity contribution >= 4 is 17.5 Å². The number of nitrogens with zero attached hydrogens (tertiary/aromatic N) is 2. The van der Waals surface area contributed by atoms with Gasteiger partial charge in [0.1, 0.15) is 11.0 Å². The average Bonchev–Trinajstić information content (AvgIpc) is 2.67. The number of carbonyl (C=O) groups excluding carboxylic acids is 1. The maximum atomic E-state index is 11.0. The number of carbonyl (C=O) groups is 1. The lowest BCUT2D eigenvalue weighted by Crippen LogP contribution is -2.28. The smallest absolute Gasteiger partial charge is 0.220 e. The minimum Gasteiger partial charge on any atom is -0.353 e. The Morgan fingerprint density at radius 2 is 2.57 bits per heavy atom. The molecule has 1 amide bonds. The van der Waals surface area contributed by atoms with E-state index in [0.717, 1.165) is 18.7 Å². The van der Waals surface area contributed by atoms with Crippen molar-refractivity contribution in [2.45, 2.75) is 25.3 Å². The van der Waals surface area contributed by atoms with Crippen molar-refractivity contribution in [1.29, 1.82) is 0 Å². The van der Waals surface area contributed by atoms with Crippen LogP contribution in [0.2, 0.25) is 5.15 Å². The van der Waals surface area contributed by atoms with E-state index in [-0.39, 0.29) is 11.9 Å². The predicted octanol–water partition coefficient (Wildman–Crippen LogP) is 0.895. The molecular formula is C9H12ClN3O. The Labute approximate surface area is 87.3 Å². The molecule has 1 aliphatic rings. The third-order valence-corrected chi connectivity index (χ3v) is 2.89. The highest BCUT2D eigenvalue weighted by Gasteiger charge is 2.22. The molecule has 0 radical (unpaired) electrons. The molecule has 4 nitrogen and oxygen atoms in total. The number of rotatable bonds is 2. The molecule has 1 aromatic rings. The largest absolute Gasteiger partial charge is 0.353 e. The Balaban J connectivity index is 2.04. The highest BCUT2D eigenvalue weighted by molar-refractivity contribution is 6.29. The first-order chi connectivity index (χ1) is 6.66. The molecule has 0 aliphatic carbocycles. The minimum atomic E-state index is 0.135. The lowest BCUT2D eigenvalue weighted by atomic mass is 10.1. The Bertz CT molecular complexity index is 361. The fourth-order valence-corrected chi connectivity index (χ4v) is 1.81. The second kappa shape index (κ2) is 3.61. The molecule has 1 atom stereocenters. The number of halogens is 1. The lowest BCUT2D eigenvalue weighted by Gasteiger charge is -2.09. The number of imidazole rings is 1. The standard InChI is InChI=1S/C9H12ClN3O/c1-13-7(10)5-11-8(13)4-6-2-3-9(14)12-6/h5-6H,2-4H2,1H3,(H,12,14). The van der Waals surface area contributed by atoms with Crippen LogP contribution in [0.4, 0.5) is 0 Å². The molecule has 1 saturated heterocycles. The zero-order chi connectivity index (χ0) is 10.1. The van der Waals surface area contributed by atoms with Crippen LogP contribution in [-0.4, -0.2) is 21.5 Å². The minimum absolute atomic E-state index is 0.135. The number of nitrogens with one attached hydrogen (secondary N) is 1. The van der Waals surface area contributed by atoms with Crippen LogP contribution in [0.25, 0.3) is 0 Å². The van der Waals surface area contributed by atoms with Crippen LogP contribution in [0.1, 0.15) is 18.7 Å². The summed E-state index contributed by atoms with van der Waals surface area (Å²) in [6.45, 7) is 0. The summed E-state index contributed by atoms with van der Waals surface area (Å²) < 4.78 is 1.84. The monoisotopic (exact) mass is 213 g/mol. The van der Waals surface area contributed by atoms with Crippen LogP contribution >= 0.6 is 11.6 Å². The molecule has 1 fully saturated rings. The summed E-state index contributed by atoms with van der Waals surface area (Å²) in [7, 11) is 1.88. The Morgan fingerprint density at radius 1 is 1.79 bits per heavy atom. The highest BCUT2D eigenvalue weighted by Crippen LogP contribution is 2.15. The van der Waals surface area contributed by atoms with Gasteiger partial charge in [0.05, 0.1) is 6.20 Å². The Hall–Kier alpha value is -1.03. The van der Waals surface area contributed by atoms with E-state index in [9.17, 15) is 4.79 Å². The van der Waals surface area contributed by atoms with E-state index < -0.39 is 0 Å². The molecule has 5 heteroatoms. The highest BCUT2D eigenvalue weighted by atomic mass is 35.5. The Morgan fingerprint density at radius 3 is 3.07 bits per heavy atom. The summed E-state index contributed by atoms with van der Waals surface area (Å²) in [6, 6.07) is 0.222. The molecular weight excluding hydrogens is 202 g/mol. The second-order valence-corrected chi connectivity index (χ2v) is 3.95. The van der Waals surface area contributed by atoms with Gasteiger partial charge in [0.15, 0.2) is 0 Å². The fourth-order valence-electron chi connectivity index (χ4n) is 1.66. The van der Waals surface area contributed by atoms with E-state index in [0.29, 0.717) is 11.6 Å². The molecule has 0 saturated carbocycles. The Kier molecular flexibility index (Phi) is 2.46.